The molecule has 1 amide bonds. The molecule has 0 aliphatic carbocycles. The van der Waals surface area contributed by atoms with Gasteiger partial charge in [0.05, 0.1) is 24.1 Å². The number of carbonyl (C=O) groups excluding carboxylic acids is 1. The Morgan fingerprint density at radius 2 is 2.24 bits per heavy atom. The maximum absolute atomic E-state index is 11.0. The van der Waals surface area contributed by atoms with E-state index < -0.39 is 5.91 Å². The van der Waals surface area contributed by atoms with Gasteiger partial charge in [-0.3, -0.25) is 4.79 Å². The third-order valence-electron chi connectivity index (χ3n) is 2.28. The number of anilines is 2. The molecule has 2 aromatic rings. The first-order valence-corrected chi connectivity index (χ1v) is 4.99. The van der Waals surface area contributed by atoms with Crippen molar-refractivity contribution in [3.05, 3.63) is 41.8 Å². The number of primary amides is 1. The Bertz CT molecular complexity index is 522. The molecule has 0 saturated heterocycles. The maximum atomic E-state index is 11.0. The fourth-order valence-electron chi connectivity index (χ4n) is 1.38. The molecule has 0 radical (unpaired) electrons. The van der Waals surface area contributed by atoms with E-state index in [1.807, 2.05) is 0 Å². The summed E-state index contributed by atoms with van der Waals surface area (Å²) in [6.07, 6.45) is 1.56. The van der Waals surface area contributed by atoms with Crippen LogP contribution < -0.4 is 16.8 Å². The number of nitrogen functional groups attached to an aromatic ring is 1. The summed E-state index contributed by atoms with van der Waals surface area (Å²) in [4.78, 5) is 11.0. The normalized spacial score (nSPS) is 10.1. The molecule has 0 spiro atoms. The van der Waals surface area contributed by atoms with E-state index in [0.717, 1.165) is 0 Å². The van der Waals surface area contributed by atoms with Crippen LogP contribution in [0.1, 0.15) is 16.1 Å². The maximum Gasteiger partial charge on any atom is 0.248 e. The van der Waals surface area contributed by atoms with E-state index in [-0.39, 0.29) is 0 Å². The predicted octanol–water partition coefficient (Wildman–Crippen LogP) is 0.968. The fraction of sp³-hybridized carbons (Fsp3) is 0.0909. The Balaban J connectivity index is 2.14. The largest absolute Gasteiger partial charge is 0.397 e. The Hall–Kier alpha value is -2.50. The summed E-state index contributed by atoms with van der Waals surface area (Å²) in [6.45, 7) is 0.437. The number of nitrogens with two attached hydrogens (primary N) is 2. The van der Waals surface area contributed by atoms with Gasteiger partial charge in [-0.15, -0.1) is 0 Å². The van der Waals surface area contributed by atoms with Crippen LogP contribution in [0.4, 0.5) is 11.4 Å². The zero-order valence-corrected chi connectivity index (χ0v) is 9.01. The molecule has 1 aromatic heterocycles. The smallest absolute Gasteiger partial charge is 0.248 e. The number of benzene rings is 1. The monoisotopic (exact) mass is 232 g/mol. The molecule has 17 heavy (non-hydrogen) atoms. The number of hydrogen-bond acceptors (Lipinski definition) is 5. The molecule has 0 fully saturated rings. The van der Waals surface area contributed by atoms with Gasteiger partial charge >= 0.3 is 0 Å². The second-order valence-corrected chi connectivity index (χ2v) is 3.50. The average Bonchev–Trinajstić information content (AvgIpc) is 2.80. The van der Waals surface area contributed by atoms with Crippen molar-refractivity contribution < 1.29 is 9.32 Å². The summed E-state index contributed by atoms with van der Waals surface area (Å²) in [7, 11) is 0. The average molecular weight is 232 g/mol. The fourth-order valence-corrected chi connectivity index (χ4v) is 1.38. The van der Waals surface area contributed by atoms with Gasteiger partial charge in [0, 0.05) is 11.6 Å². The van der Waals surface area contributed by atoms with E-state index in [2.05, 4.69) is 10.5 Å². The van der Waals surface area contributed by atoms with Gasteiger partial charge < -0.3 is 21.3 Å². The lowest BCUT2D eigenvalue weighted by Gasteiger charge is -2.08. The molecule has 5 N–H and O–H groups in total. The Kier molecular flexibility index (Phi) is 2.95. The quantitative estimate of drug-likeness (QED) is 0.681. The number of hydrogen-bond donors (Lipinski definition) is 3. The van der Waals surface area contributed by atoms with Gasteiger partial charge in [-0.25, -0.2) is 0 Å². The molecule has 6 heteroatoms. The first-order chi connectivity index (χ1) is 8.16. The minimum Gasteiger partial charge on any atom is -0.397 e. The van der Waals surface area contributed by atoms with Crippen molar-refractivity contribution in [3.63, 3.8) is 0 Å². The molecule has 0 saturated carbocycles. The second-order valence-electron chi connectivity index (χ2n) is 3.50. The summed E-state index contributed by atoms with van der Waals surface area (Å²) in [5.41, 5.74) is 12.5. The first kappa shape index (κ1) is 11.0. The van der Waals surface area contributed by atoms with Gasteiger partial charge in [-0.1, -0.05) is 5.16 Å². The number of nitrogens with one attached hydrogen (secondary N) is 1. The van der Waals surface area contributed by atoms with Crippen LogP contribution in [-0.4, -0.2) is 11.1 Å². The Labute approximate surface area is 97.6 Å². The van der Waals surface area contributed by atoms with Crippen LogP contribution >= 0.6 is 0 Å². The van der Waals surface area contributed by atoms with Crippen LogP contribution in [0, 0.1) is 0 Å². The summed E-state index contributed by atoms with van der Waals surface area (Å²) in [6, 6.07) is 6.55. The number of rotatable bonds is 4. The highest BCUT2D eigenvalue weighted by atomic mass is 16.5. The SMILES string of the molecule is NC(=O)c1ccc(N)c(NCc2ccno2)c1. The van der Waals surface area contributed by atoms with E-state index in [1.165, 1.54) is 0 Å². The van der Waals surface area contributed by atoms with Crippen molar-refractivity contribution in [1.29, 1.82) is 0 Å². The molecule has 0 aliphatic heterocycles. The molecular formula is C11H12N4O2. The van der Waals surface area contributed by atoms with Crippen LogP contribution in [0.2, 0.25) is 0 Å². The number of amides is 1. The van der Waals surface area contributed by atoms with E-state index in [0.29, 0.717) is 29.2 Å². The van der Waals surface area contributed by atoms with Crippen molar-refractivity contribution in [2.45, 2.75) is 6.54 Å². The van der Waals surface area contributed by atoms with Crippen molar-refractivity contribution in [2.75, 3.05) is 11.1 Å². The minimum absolute atomic E-state index is 0.402. The van der Waals surface area contributed by atoms with Gasteiger partial charge in [0.1, 0.15) is 0 Å². The molecule has 0 atom stereocenters. The van der Waals surface area contributed by atoms with E-state index in [1.54, 1.807) is 30.5 Å². The standard InChI is InChI=1S/C11H12N4O2/c12-9-2-1-7(11(13)16)5-10(9)14-6-8-3-4-15-17-8/h1-5,14H,6,12H2,(H2,13,16). The zero-order chi connectivity index (χ0) is 12.3. The Morgan fingerprint density at radius 1 is 1.41 bits per heavy atom. The third-order valence-corrected chi connectivity index (χ3v) is 2.28. The molecule has 88 valence electrons. The lowest BCUT2D eigenvalue weighted by atomic mass is 10.1. The van der Waals surface area contributed by atoms with Crippen molar-refractivity contribution in [2.24, 2.45) is 5.73 Å². The highest BCUT2D eigenvalue weighted by Crippen LogP contribution is 2.20. The van der Waals surface area contributed by atoms with Gasteiger partial charge in [0.15, 0.2) is 5.76 Å². The topological polar surface area (TPSA) is 107 Å². The third kappa shape index (κ3) is 2.54. The number of carbonyl (C=O) groups is 1. The molecular weight excluding hydrogens is 220 g/mol. The van der Waals surface area contributed by atoms with Crippen molar-refractivity contribution in [1.82, 2.24) is 5.16 Å². The minimum atomic E-state index is -0.493. The van der Waals surface area contributed by atoms with Gasteiger partial charge in [-0.05, 0) is 18.2 Å². The molecule has 2 rings (SSSR count). The van der Waals surface area contributed by atoms with Gasteiger partial charge in [0.2, 0.25) is 5.91 Å². The number of nitrogens with zero attached hydrogens (tertiary/aromatic N) is 1. The summed E-state index contributed by atoms with van der Waals surface area (Å²) >= 11 is 0. The van der Waals surface area contributed by atoms with Crippen LogP contribution in [0.15, 0.2) is 35.0 Å². The highest BCUT2D eigenvalue weighted by molar-refractivity contribution is 5.94. The zero-order valence-electron chi connectivity index (χ0n) is 9.01. The summed E-state index contributed by atoms with van der Waals surface area (Å²) in [5.74, 6) is 0.182. The highest BCUT2D eigenvalue weighted by Gasteiger charge is 2.05. The molecule has 0 bridgehead atoms. The molecule has 0 unspecified atom stereocenters. The molecule has 1 aromatic carbocycles. The van der Waals surface area contributed by atoms with Gasteiger partial charge in [-0.2, -0.15) is 0 Å². The summed E-state index contributed by atoms with van der Waals surface area (Å²) in [5, 5.41) is 6.63. The van der Waals surface area contributed by atoms with E-state index >= 15 is 0 Å². The molecule has 0 aliphatic rings. The van der Waals surface area contributed by atoms with E-state index in [9.17, 15) is 4.79 Å². The predicted molar refractivity (Wildman–Crippen MR) is 63.2 cm³/mol. The second kappa shape index (κ2) is 4.56. The lowest BCUT2D eigenvalue weighted by molar-refractivity contribution is 0.100. The van der Waals surface area contributed by atoms with Crippen LogP contribution in [0.3, 0.4) is 0 Å². The summed E-state index contributed by atoms with van der Waals surface area (Å²) < 4.78 is 4.93. The van der Waals surface area contributed by atoms with Crippen LogP contribution in [0.5, 0.6) is 0 Å². The molecule has 1 heterocycles. The van der Waals surface area contributed by atoms with Crippen LogP contribution in [0.25, 0.3) is 0 Å². The van der Waals surface area contributed by atoms with E-state index in [4.69, 9.17) is 16.0 Å². The number of aromatic nitrogens is 1. The van der Waals surface area contributed by atoms with Gasteiger partial charge in [0.25, 0.3) is 0 Å². The first-order valence-electron chi connectivity index (χ1n) is 4.99. The van der Waals surface area contributed by atoms with Crippen molar-refractivity contribution >= 4 is 17.3 Å². The lowest BCUT2D eigenvalue weighted by Crippen LogP contribution is -2.12. The van der Waals surface area contributed by atoms with Crippen molar-refractivity contribution in [3.8, 4) is 0 Å². The van der Waals surface area contributed by atoms with Crippen LogP contribution in [-0.2, 0) is 6.54 Å². The molecule has 6 nitrogen and oxygen atoms in total. The Morgan fingerprint density at radius 3 is 2.88 bits per heavy atom.